The zero-order valence-corrected chi connectivity index (χ0v) is 12.7. The van der Waals surface area contributed by atoms with Gasteiger partial charge in [-0.1, -0.05) is 25.2 Å². The highest BCUT2D eigenvalue weighted by molar-refractivity contribution is 7.17. The molecular weight excluding hydrogens is 286 g/mol. The third-order valence-corrected chi connectivity index (χ3v) is 4.45. The molecule has 3 rings (SSSR count). The Bertz CT molecular complexity index is 707. The van der Waals surface area contributed by atoms with Gasteiger partial charge in [0.1, 0.15) is 0 Å². The molecule has 0 aliphatic heterocycles. The van der Waals surface area contributed by atoms with Crippen LogP contribution in [0, 0.1) is 5.41 Å². The largest absolute Gasteiger partial charge is 0.298 e. The van der Waals surface area contributed by atoms with Crippen molar-refractivity contribution in [2.24, 2.45) is 5.41 Å². The van der Waals surface area contributed by atoms with Crippen molar-refractivity contribution < 1.29 is 9.59 Å². The van der Waals surface area contributed by atoms with Crippen molar-refractivity contribution in [2.75, 3.05) is 5.32 Å². The Morgan fingerprint density at radius 3 is 2.71 bits per heavy atom. The van der Waals surface area contributed by atoms with Crippen LogP contribution in [0.15, 0.2) is 24.5 Å². The lowest BCUT2D eigenvalue weighted by Crippen LogP contribution is -2.26. The molecule has 21 heavy (non-hydrogen) atoms. The zero-order chi connectivity index (χ0) is 15.0. The lowest BCUT2D eigenvalue weighted by molar-refractivity contribution is 0.0915. The van der Waals surface area contributed by atoms with E-state index < -0.39 is 0 Å². The van der Waals surface area contributed by atoms with Crippen LogP contribution in [0.3, 0.4) is 0 Å². The van der Waals surface area contributed by atoms with Gasteiger partial charge in [-0.3, -0.25) is 19.9 Å². The maximum Gasteiger partial charge on any atom is 0.257 e. The molecule has 0 aromatic carbocycles. The number of amides is 1. The first-order valence-electron chi connectivity index (χ1n) is 6.69. The molecule has 0 atom stereocenters. The normalized spacial score (nSPS) is 16.4. The lowest BCUT2D eigenvalue weighted by Gasteiger charge is -2.26. The Kier molecular flexibility index (Phi) is 3.33. The summed E-state index contributed by atoms with van der Waals surface area (Å²) in [5, 5.41) is 3.23. The van der Waals surface area contributed by atoms with Crippen LogP contribution in [0.25, 0.3) is 0 Å². The number of rotatable bonds is 2. The van der Waals surface area contributed by atoms with Crippen molar-refractivity contribution in [2.45, 2.75) is 26.7 Å². The van der Waals surface area contributed by atoms with Crippen LogP contribution in [0.1, 0.15) is 46.0 Å². The van der Waals surface area contributed by atoms with Crippen molar-refractivity contribution in [3.8, 4) is 0 Å². The first-order valence-corrected chi connectivity index (χ1v) is 7.50. The van der Waals surface area contributed by atoms with E-state index in [1.54, 1.807) is 24.5 Å². The van der Waals surface area contributed by atoms with Crippen molar-refractivity contribution in [3.63, 3.8) is 0 Å². The molecule has 0 fully saturated rings. The average Bonchev–Trinajstić information content (AvgIpc) is 2.81. The van der Waals surface area contributed by atoms with E-state index in [0.29, 0.717) is 22.0 Å². The van der Waals surface area contributed by atoms with Crippen molar-refractivity contribution in [1.29, 1.82) is 0 Å². The van der Waals surface area contributed by atoms with Gasteiger partial charge in [0, 0.05) is 24.4 Å². The smallest absolute Gasteiger partial charge is 0.257 e. The monoisotopic (exact) mass is 301 g/mol. The van der Waals surface area contributed by atoms with Gasteiger partial charge < -0.3 is 0 Å². The van der Waals surface area contributed by atoms with Crippen molar-refractivity contribution in [3.05, 3.63) is 40.7 Å². The molecule has 1 N–H and O–H groups in total. The lowest BCUT2D eigenvalue weighted by atomic mass is 9.78. The van der Waals surface area contributed by atoms with Gasteiger partial charge in [0.05, 0.1) is 10.6 Å². The fourth-order valence-electron chi connectivity index (χ4n) is 2.45. The summed E-state index contributed by atoms with van der Waals surface area (Å²) in [4.78, 5) is 33.2. The number of Topliss-reactive ketones (excluding diaryl/α,β-unsaturated/α-hetero) is 1. The SMILES string of the molecule is CC1(C)CC(=O)c2sc(NC(=O)c3ccncc3)nc2C1. The number of thiazole rings is 1. The number of carbonyl (C=O) groups is 2. The Balaban J connectivity index is 1.83. The van der Waals surface area contributed by atoms with E-state index in [-0.39, 0.29) is 17.1 Å². The minimum Gasteiger partial charge on any atom is -0.298 e. The topological polar surface area (TPSA) is 72.0 Å². The summed E-state index contributed by atoms with van der Waals surface area (Å²) in [6.07, 6.45) is 4.41. The molecule has 1 aliphatic carbocycles. The van der Waals surface area contributed by atoms with E-state index in [2.05, 4.69) is 29.1 Å². The predicted octanol–water partition coefficient (Wildman–Crippen LogP) is 2.95. The van der Waals surface area contributed by atoms with Crippen LogP contribution in [0.5, 0.6) is 0 Å². The molecule has 0 saturated carbocycles. The molecule has 1 amide bonds. The fourth-order valence-corrected chi connectivity index (χ4v) is 3.36. The molecule has 0 spiro atoms. The van der Waals surface area contributed by atoms with Gasteiger partial charge in [0.25, 0.3) is 5.91 Å². The molecular formula is C15H15N3O2S. The minimum atomic E-state index is -0.241. The van der Waals surface area contributed by atoms with Gasteiger partial charge in [0.2, 0.25) is 0 Å². The molecule has 108 valence electrons. The van der Waals surface area contributed by atoms with Gasteiger partial charge in [-0.15, -0.1) is 0 Å². The molecule has 5 nitrogen and oxygen atoms in total. The summed E-state index contributed by atoms with van der Waals surface area (Å²) in [7, 11) is 0. The molecule has 2 aromatic rings. The van der Waals surface area contributed by atoms with E-state index >= 15 is 0 Å². The van der Waals surface area contributed by atoms with Crippen LogP contribution in [-0.4, -0.2) is 21.7 Å². The Hall–Kier alpha value is -2.08. The number of fused-ring (bicyclic) bond motifs is 1. The highest BCUT2D eigenvalue weighted by Gasteiger charge is 2.34. The van der Waals surface area contributed by atoms with Gasteiger partial charge in [-0.2, -0.15) is 0 Å². The van der Waals surface area contributed by atoms with Crippen LogP contribution >= 0.6 is 11.3 Å². The van der Waals surface area contributed by atoms with E-state index in [4.69, 9.17) is 0 Å². The van der Waals surface area contributed by atoms with Crippen LogP contribution in [-0.2, 0) is 6.42 Å². The van der Waals surface area contributed by atoms with Crippen molar-refractivity contribution >= 4 is 28.2 Å². The fraction of sp³-hybridized carbons (Fsp3) is 0.333. The minimum absolute atomic E-state index is 0.0649. The Morgan fingerprint density at radius 2 is 2.00 bits per heavy atom. The summed E-state index contributed by atoms with van der Waals surface area (Å²) in [6, 6.07) is 3.27. The van der Waals surface area contributed by atoms with Gasteiger partial charge in [0.15, 0.2) is 10.9 Å². The summed E-state index contributed by atoms with van der Waals surface area (Å²) in [5.74, 6) is -0.127. The second-order valence-electron chi connectivity index (χ2n) is 5.93. The Labute approximate surface area is 126 Å². The highest BCUT2D eigenvalue weighted by atomic mass is 32.1. The van der Waals surface area contributed by atoms with E-state index in [9.17, 15) is 9.59 Å². The standard InChI is InChI=1S/C15H15N3O2S/c1-15(2)7-10-12(11(19)8-15)21-14(17-10)18-13(20)9-3-5-16-6-4-9/h3-6H,7-8H2,1-2H3,(H,17,18,20). The molecule has 6 heteroatoms. The molecule has 0 bridgehead atoms. The second kappa shape index (κ2) is 5.04. The quantitative estimate of drug-likeness (QED) is 0.925. The molecule has 1 aliphatic rings. The van der Waals surface area contributed by atoms with Gasteiger partial charge >= 0.3 is 0 Å². The van der Waals surface area contributed by atoms with E-state index in [0.717, 1.165) is 12.1 Å². The summed E-state index contributed by atoms with van der Waals surface area (Å²) in [5.41, 5.74) is 1.25. The van der Waals surface area contributed by atoms with Crippen molar-refractivity contribution in [1.82, 2.24) is 9.97 Å². The Morgan fingerprint density at radius 1 is 1.29 bits per heavy atom. The molecule has 0 saturated heterocycles. The summed E-state index contributed by atoms with van der Waals surface area (Å²) < 4.78 is 0. The third-order valence-electron chi connectivity index (χ3n) is 3.40. The van der Waals surface area contributed by atoms with Gasteiger partial charge in [-0.25, -0.2) is 4.98 Å². The number of aromatic nitrogens is 2. The predicted molar refractivity (Wildman–Crippen MR) is 80.7 cm³/mol. The van der Waals surface area contributed by atoms with Gasteiger partial charge in [-0.05, 0) is 24.0 Å². The zero-order valence-electron chi connectivity index (χ0n) is 11.8. The number of nitrogens with one attached hydrogen (secondary N) is 1. The maximum absolute atomic E-state index is 12.1. The van der Waals surface area contributed by atoms with Crippen LogP contribution in [0.4, 0.5) is 5.13 Å². The molecule has 2 aromatic heterocycles. The van der Waals surface area contributed by atoms with E-state index in [1.807, 2.05) is 0 Å². The number of pyridine rings is 1. The number of hydrogen-bond donors (Lipinski definition) is 1. The molecule has 2 heterocycles. The number of anilines is 1. The summed E-state index contributed by atoms with van der Waals surface area (Å²) in [6.45, 7) is 4.12. The summed E-state index contributed by atoms with van der Waals surface area (Å²) >= 11 is 1.26. The molecule has 0 radical (unpaired) electrons. The van der Waals surface area contributed by atoms with Crippen LogP contribution < -0.4 is 5.32 Å². The second-order valence-corrected chi connectivity index (χ2v) is 6.92. The first-order chi connectivity index (χ1) is 9.94. The average molecular weight is 301 g/mol. The number of nitrogens with zero attached hydrogens (tertiary/aromatic N) is 2. The van der Waals surface area contributed by atoms with E-state index in [1.165, 1.54) is 11.3 Å². The number of hydrogen-bond acceptors (Lipinski definition) is 5. The maximum atomic E-state index is 12.1. The molecule has 0 unspecified atom stereocenters. The first kappa shape index (κ1) is 13.9. The highest BCUT2D eigenvalue weighted by Crippen LogP contribution is 2.38. The number of carbonyl (C=O) groups excluding carboxylic acids is 2. The number of ketones is 1. The van der Waals surface area contributed by atoms with Crippen LogP contribution in [0.2, 0.25) is 0 Å². The third kappa shape index (κ3) is 2.85.